The fraction of sp³-hybridized carbons (Fsp3) is 0.538. The molecule has 1 N–H and O–H groups in total. The molecule has 1 aliphatic rings. The van der Waals surface area contributed by atoms with Crippen LogP contribution >= 0.6 is 15.9 Å². The lowest BCUT2D eigenvalue weighted by molar-refractivity contribution is 0.161. The molecule has 1 fully saturated rings. The van der Waals surface area contributed by atoms with E-state index < -0.39 is 0 Å². The summed E-state index contributed by atoms with van der Waals surface area (Å²) < 4.78 is 1.05. The van der Waals surface area contributed by atoms with E-state index >= 15 is 0 Å². The molecule has 1 nitrogen and oxygen atoms in total. The van der Waals surface area contributed by atoms with Crippen molar-refractivity contribution in [1.29, 1.82) is 0 Å². The van der Waals surface area contributed by atoms with E-state index in [4.69, 9.17) is 0 Å². The summed E-state index contributed by atoms with van der Waals surface area (Å²) in [5, 5.41) is 10.1. The summed E-state index contributed by atoms with van der Waals surface area (Å²) in [4.78, 5) is 0. The van der Waals surface area contributed by atoms with Crippen LogP contribution in [0.4, 0.5) is 0 Å². The van der Waals surface area contributed by atoms with Gasteiger partial charge in [-0.05, 0) is 48.9 Å². The summed E-state index contributed by atoms with van der Waals surface area (Å²) in [5.74, 6) is 0.895. The first-order valence-electron chi connectivity index (χ1n) is 5.61. The van der Waals surface area contributed by atoms with Crippen LogP contribution in [0.25, 0.3) is 0 Å². The molecule has 0 spiro atoms. The van der Waals surface area contributed by atoms with E-state index in [-0.39, 0.29) is 6.10 Å². The first kappa shape index (κ1) is 11.2. The highest BCUT2D eigenvalue weighted by Crippen LogP contribution is 2.36. The van der Waals surface area contributed by atoms with Crippen LogP contribution < -0.4 is 0 Å². The molecule has 1 aliphatic carbocycles. The van der Waals surface area contributed by atoms with Gasteiger partial charge >= 0.3 is 0 Å². The van der Waals surface area contributed by atoms with Gasteiger partial charge in [0.2, 0.25) is 0 Å². The second-order valence-corrected chi connectivity index (χ2v) is 5.45. The predicted molar refractivity (Wildman–Crippen MR) is 65.8 cm³/mol. The minimum absolute atomic E-state index is 0.289. The maximum Gasteiger partial charge on any atom is 0.0793 e. The van der Waals surface area contributed by atoms with Crippen molar-refractivity contribution < 1.29 is 5.11 Å². The molecule has 1 unspecified atom stereocenters. The summed E-state index contributed by atoms with van der Waals surface area (Å²) >= 11 is 3.45. The lowest BCUT2D eigenvalue weighted by atomic mass is 9.99. The molecular formula is C13H17BrO. The monoisotopic (exact) mass is 268 g/mol. The summed E-state index contributed by atoms with van der Waals surface area (Å²) in [7, 11) is 0. The van der Waals surface area contributed by atoms with Gasteiger partial charge in [-0.1, -0.05) is 34.8 Å². The molecule has 0 amide bonds. The van der Waals surface area contributed by atoms with Crippen LogP contribution in [0, 0.1) is 12.8 Å². The number of rotatable bonds is 4. The van der Waals surface area contributed by atoms with Crippen LogP contribution in [0.2, 0.25) is 0 Å². The van der Waals surface area contributed by atoms with E-state index in [0.29, 0.717) is 0 Å². The molecule has 0 saturated heterocycles. The Hall–Kier alpha value is -0.340. The third-order valence-electron chi connectivity index (χ3n) is 3.15. The zero-order valence-corrected chi connectivity index (χ0v) is 10.6. The van der Waals surface area contributed by atoms with Crippen LogP contribution in [0.3, 0.4) is 0 Å². The third-order valence-corrected chi connectivity index (χ3v) is 3.64. The molecule has 0 heterocycles. The normalized spacial score (nSPS) is 17.8. The largest absolute Gasteiger partial charge is 0.388 e. The maximum atomic E-state index is 10.1. The molecule has 82 valence electrons. The number of hydrogen-bond acceptors (Lipinski definition) is 1. The molecule has 0 aromatic heterocycles. The molecule has 2 rings (SSSR count). The Morgan fingerprint density at radius 3 is 2.87 bits per heavy atom. The van der Waals surface area contributed by atoms with Crippen molar-refractivity contribution in [2.24, 2.45) is 5.92 Å². The van der Waals surface area contributed by atoms with E-state index in [0.717, 1.165) is 22.4 Å². The van der Waals surface area contributed by atoms with Crippen LogP contribution in [0.15, 0.2) is 22.7 Å². The Morgan fingerprint density at radius 2 is 2.20 bits per heavy atom. The average molecular weight is 269 g/mol. The van der Waals surface area contributed by atoms with Gasteiger partial charge in [-0.25, -0.2) is 0 Å². The standard InChI is InChI=1S/C13H17BrO/c1-9-2-6-11(14)8-12(9)13(15)7-5-10-3-4-10/h2,6,8,10,13,15H,3-5,7H2,1H3. The SMILES string of the molecule is Cc1ccc(Br)cc1C(O)CCC1CC1. The van der Waals surface area contributed by atoms with Gasteiger partial charge in [0, 0.05) is 4.47 Å². The van der Waals surface area contributed by atoms with Crippen molar-refractivity contribution >= 4 is 15.9 Å². The van der Waals surface area contributed by atoms with Crippen LogP contribution in [-0.4, -0.2) is 5.11 Å². The zero-order valence-electron chi connectivity index (χ0n) is 9.04. The molecule has 0 aliphatic heterocycles. The first-order valence-corrected chi connectivity index (χ1v) is 6.40. The van der Waals surface area contributed by atoms with Gasteiger partial charge in [-0.3, -0.25) is 0 Å². The van der Waals surface area contributed by atoms with Crippen molar-refractivity contribution in [3.8, 4) is 0 Å². The van der Waals surface area contributed by atoms with Gasteiger partial charge < -0.3 is 5.11 Å². The highest BCUT2D eigenvalue weighted by atomic mass is 79.9. The van der Waals surface area contributed by atoms with Gasteiger partial charge in [-0.15, -0.1) is 0 Å². The zero-order chi connectivity index (χ0) is 10.8. The van der Waals surface area contributed by atoms with Crippen molar-refractivity contribution in [3.63, 3.8) is 0 Å². The first-order chi connectivity index (χ1) is 7.16. The number of aryl methyl sites for hydroxylation is 1. The molecule has 15 heavy (non-hydrogen) atoms. The van der Waals surface area contributed by atoms with Gasteiger partial charge in [0.25, 0.3) is 0 Å². The minimum Gasteiger partial charge on any atom is -0.388 e. The quantitative estimate of drug-likeness (QED) is 0.876. The molecule has 1 aromatic carbocycles. The van der Waals surface area contributed by atoms with Crippen LogP contribution in [0.5, 0.6) is 0 Å². The molecule has 0 bridgehead atoms. The summed E-state index contributed by atoms with van der Waals surface area (Å²) in [6.07, 6.45) is 4.52. The average Bonchev–Trinajstić information content (AvgIpc) is 3.02. The Morgan fingerprint density at radius 1 is 1.47 bits per heavy atom. The van der Waals surface area contributed by atoms with Crippen molar-refractivity contribution in [1.82, 2.24) is 0 Å². The molecule has 1 atom stereocenters. The highest BCUT2D eigenvalue weighted by Gasteiger charge is 2.22. The molecule has 0 radical (unpaired) electrons. The second kappa shape index (κ2) is 4.67. The van der Waals surface area contributed by atoms with E-state index in [1.54, 1.807) is 0 Å². The third kappa shape index (κ3) is 3.05. The van der Waals surface area contributed by atoms with Crippen molar-refractivity contribution in [3.05, 3.63) is 33.8 Å². The van der Waals surface area contributed by atoms with Crippen molar-refractivity contribution in [2.45, 2.75) is 38.7 Å². The highest BCUT2D eigenvalue weighted by molar-refractivity contribution is 9.10. The van der Waals surface area contributed by atoms with Crippen molar-refractivity contribution in [2.75, 3.05) is 0 Å². The lowest BCUT2D eigenvalue weighted by Gasteiger charge is -2.13. The smallest absolute Gasteiger partial charge is 0.0793 e. The number of aliphatic hydroxyl groups is 1. The van der Waals surface area contributed by atoms with Crippen LogP contribution in [0.1, 0.15) is 42.9 Å². The number of aliphatic hydroxyl groups excluding tert-OH is 1. The Labute approximate surface area is 99.6 Å². The topological polar surface area (TPSA) is 20.2 Å². The van der Waals surface area contributed by atoms with Gasteiger partial charge in [0.15, 0.2) is 0 Å². The van der Waals surface area contributed by atoms with E-state index in [1.165, 1.54) is 24.8 Å². The maximum absolute atomic E-state index is 10.1. The molecule has 1 aromatic rings. The van der Waals surface area contributed by atoms with Gasteiger partial charge in [-0.2, -0.15) is 0 Å². The number of benzene rings is 1. The Balaban J connectivity index is 2.02. The Bertz CT molecular complexity index is 344. The predicted octanol–water partition coefficient (Wildman–Crippen LogP) is 3.98. The summed E-state index contributed by atoms with van der Waals surface area (Å²) in [5.41, 5.74) is 2.26. The van der Waals surface area contributed by atoms with Gasteiger partial charge in [0.1, 0.15) is 0 Å². The lowest BCUT2D eigenvalue weighted by Crippen LogP contribution is -2.00. The van der Waals surface area contributed by atoms with Gasteiger partial charge in [0.05, 0.1) is 6.10 Å². The van der Waals surface area contributed by atoms with E-state index in [2.05, 4.69) is 28.9 Å². The summed E-state index contributed by atoms with van der Waals surface area (Å²) in [6.45, 7) is 2.06. The fourth-order valence-corrected chi connectivity index (χ4v) is 2.30. The number of hydrogen-bond donors (Lipinski definition) is 1. The van der Waals surface area contributed by atoms with E-state index in [9.17, 15) is 5.11 Å². The second-order valence-electron chi connectivity index (χ2n) is 4.54. The van der Waals surface area contributed by atoms with E-state index in [1.807, 2.05) is 12.1 Å². The minimum atomic E-state index is -0.289. The van der Waals surface area contributed by atoms with Crippen LogP contribution in [-0.2, 0) is 0 Å². The Kier molecular flexibility index (Phi) is 3.47. The molecule has 2 heteroatoms. The molecule has 1 saturated carbocycles. The molecular weight excluding hydrogens is 252 g/mol. The number of halogens is 1. The summed E-state index contributed by atoms with van der Waals surface area (Å²) in [6, 6.07) is 6.11. The fourth-order valence-electron chi connectivity index (χ4n) is 1.93.